The predicted molar refractivity (Wildman–Crippen MR) is 88.8 cm³/mol. The summed E-state index contributed by atoms with van der Waals surface area (Å²) in [7, 11) is 0. The summed E-state index contributed by atoms with van der Waals surface area (Å²) >= 11 is 0. The number of carbonyl (C=O) groups excluding carboxylic acids is 1. The number of hydrogen-bond donors (Lipinski definition) is 1. The first-order valence-corrected chi connectivity index (χ1v) is 9.19. The Bertz CT molecular complexity index is 330. The SMILES string of the molecule is CCCCCCCCCCCCCN1C(=O)CCC1C(=O)O. The van der Waals surface area contributed by atoms with E-state index in [1.165, 1.54) is 57.8 Å². The number of unbranched alkanes of at least 4 members (excludes halogenated alkanes) is 10. The van der Waals surface area contributed by atoms with Crippen molar-refractivity contribution in [3.05, 3.63) is 0 Å². The van der Waals surface area contributed by atoms with Crippen molar-refractivity contribution in [2.45, 2.75) is 96.4 Å². The zero-order valence-electron chi connectivity index (χ0n) is 14.2. The van der Waals surface area contributed by atoms with Crippen LogP contribution in [-0.4, -0.2) is 34.5 Å². The average Bonchev–Trinajstić information content (AvgIpc) is 2.86. The van der Waals surface area contributed by atoms with E-state index in [0.29, 0.717) is 19.4 Å². The van der Waals surface area contributed by atoms with E-state index in [-0.39, 0.29) is 5.91 Å². The molecule has 4 nitrogen and oxygen atoms in total. The number of carbonyl (C=O) groups is 2. The van der Waals surface area contributed by atoms with Gasteiger partial charge in [0, 0.05) is 13.0 Å². The summed E-state index contributed by atoms with van der Waals surface area (Å²) in [6.45, 7) is 2.86. The minimum Gasteiger partial charge on any atom is -0.480 e. The van der Waals surface area contributed by atoms with Crippen molar-refractivity contribution in [1.82, 2.24) is 4.90 Å². The molecule has 1 atom stereocenters. The average molecular weight is 311 g/mol. The van der Waals surface area contributed by atoms with Crippen molar-refractivity contribution in [3.63, 3.8) is 0 Å². The number of nitrogens with zero attached hydrogens (tertiary/aromatic N) is 1. The first kappa shape index (κ1) is 19.0. The normalized spacial score (nSPS) is 18.1. The first-order chi connectivity index (χ1) is 10.7. The summed E-state index contributed by atoms with van der Waals surface area (Å²) in [6, 6.07) is -0.573. The lowest BCUT2D eigenvalue weighted by Gasteiger charge is -2.21. The number of likely N-dealkylation sites (tertiary alicyclic amines) is 1. The molecule has 1 fully saturated rings. The van der Waals surface area contributed by atoms with Crippen molar-refractivity contribution >= 4 is 11.9 Å². The second-order valence-corrected chi connectivity index (χ2v) is 6.52. The maximum Gasteiger partial charge on any atom is 0.326 e. The van der Waals surface area contributed by atoms with Crippen LogP contribution in [0.4, 0.5) is 0 Å². The van der Waals surface area contributed by atoms with Crippen LogP contribution in [0.3, 0.4) is 0 Å². The molecule has 1 aliphatic rings. The van der Waals surface area contributed by atoms with Gasteiger partial charge in [0.25, 0.3) is 0 Å². The molecule has 22 heavy (non-hydrogen) atoms. The van der Waals surface area contributed by atoms with E-state index in [4.69, 9.17) is 5.11 Å². The third-order valence-electron chi connectivity index (χ3n) is 4.62. The van der Waals surface area contributed by atoms with Gasteiger partial charge in [0.15, 0.2) is 0 Å². The van der Waals surface area contributed by atoms with Crippen molar-refractivity contribution in [1.29, 1.82) is 0 Å². The van der Waals surface area contributed by atoms with E-state index in [0.717, 1.165) is 12.8 Å². The van der Waals surface area contributed by atoms with Crippen molar-refractivity contribution in [2.24, 2.45) is 0 Å². The molecule has 4 heteroatoms. The summed E-state index contributed by atoms with van der Waals surface area (Å²) in [4.78, 5) is 24.3. The number of carboxylic acid groups (broad SMARTS) is 1. The molecular weight excluding hydrogens is 278 g/mol. The zero-order chi connectivity index (χ0) is 16.2. The number of carboxylic acids is 1. The molecule has 0 bridgehead atoms. The third-order valence-corrected chi connectivity index (χ3v) is 4.62. The Morgan fingerprint density at radius 1 is 1.00 bits per heavy atom. The molecule has 0 aromatic rings. The molecule has 1 unspecified atom stereocenters. The summed E-state index contributed by atoms with van der Waals surface area (Å²) in [5.41, 5.74) is 0. The van der Waals surface area contributed by atoms with Crippen molar-refractivity contribution in [3.8, 4) is 0 Å². The molecule has 128 valence electrons. The molecule has 1 amide bonds. The lowest BCUT2D eigenvalue weighted by molar-refractivity contribution is -0.146. The van der Waals surface area contributed by atoms with Gasteiger partial charge in [-0.15, -0.1) is 0 Å². The van der Waals surface area contributed by atoms with Crippen LogP contribution in [0, 0.1) is 0 Å². The highest BCUT2D eigenvalue weighted by molar-refractivity contribution is 5.87. The molecule has 0 aliphatic carbocycles. The van der Waals surface area contributed by atoms with E-state index in [2.05, 4.69) is 6.92 Å². The Hall–Kier alpha value is -1.06. The summed E-state index contributed by atoms with van der Waals surface area (Å²) in [6.07, 6.45) is 14.8. The minimum absolute atomic E-state index is 0.0134. The van der Waals surface area contributed by atoms with Gasteiger partial charge in [0.05, 0.1) is 0 Å². The van der Waals surface area contributed by atoms with Crippen LogP contribution in [-0.2, 0) is 9.59 Å². The maximum absolute atomic E-state index is 11.7. The van der Waals surface area contributed by atoms with Crippen molar-refractivity contribution in [2.75, 3.05) is 6.54 Å². The van der Waals surface area contributed by atoms with Crippen molar-refractivity contribution < 1.29 is 14.7 Å². The molecule has 1 heterocycles. The van der Waals surface area contributed by atoms with Gasteiger partial charge in [-0.1, -0.05) is 71.1 Å². The monoisotopic (exact) mass is 311 g/mol. The van der Waals surface area contributed by atoms with E-state index < -0.39 is 12.0 Å². The van der Waals surface area contributed by atoms with Gasteiger partial charge < -0.3 is 10.0 Å². The molecule has 1 N–H and O–H groups in total. The third kappa shape index (κ3) is 7.28. The largest absolute Gasteiger partial charge is 0.480 e. The summed E-state index contributed by atoms with van der Waals surface area (Å²) in [5, 5.41) is 9.08. The fraction of sp³-hybridized carbons (Fsp3) is 0.889. The van der Waals surface area contributed by atoms with E-state index in [1.54, 1.807) is 4.90 Å². The smallest absolute Gasteiger partial charge is 0.326 e. The van der Waals surface area contributed by atoms with Gasteiger partial charge in [-0.2, -0.15) is 0 Å². The van der Waals surface area contributed by atoms with Gasteiger partial charge in [-0.3, -0.25) is 4.79 Å². The van der Waals surface area contributed by atoms with Crippen LogP contribution in [0.15, 0.2) is 0 Å². The topological polar surface area (TPSA) is 57.6 Å². The second-order valence-electron chi connectivity index (χ2n) is 6.52. The van der Waals surface area contributed by atoms with Gasteiger partial charge in [0.2, 0.25) is 5.91 Å². The number of rotatable bonds is 13. The van der Waals surface area contributed by atoms with Crippen LogP contribution < -0.4 is 0 Å². The molecule has 0 radical (unpaired) electrons. The number of hydrogen-bond acceptors (Lipinski definition) is 2. The van der Waals surface area contributed by atoms with Crippen LogP contribution in [0.5, 0.6) is 0 Å². The van der Waals surface area contributed by atoms with E-state index >= 15 is 0 Å². The molecule has 0 aromatic heterocycles. The Morgan fingerprint density at radius 3 is 2.00 bits per heavy atom. The zero-order valence-corrected chi connectivity index (χ0v) is 14.2. The Kier molecular flexibility index (Phi) is 9.93. The molecule has 1 aliphatic heterocycles. The summed E-state index contributed by atoms with van der Waals surface area (Å²) in [5.74, 6) is -0.839. The van der Waals surface area contributed by atoms with E-state index in [9.17, 15) is 9.59 Å². The minimum atomic E-state index is -0.853. The highest BCUT2D eigenvalue weighted by Crippen LogP contribution is 2.20. The molecular formula is C18H33NO3. The number of amides is 1. The Morgan fingerprint density at radius 2 is 1.50 bits per heavy atom. The van der Waals surface area contributed by atoms with Gasteiger partial charge in [-0.05, 0) is 12.8 Å². The second kappa shape index (κ2) is 11.5. The van der Waals surface area contributed by atoms with Crippen LogP contribution >= 0.6 is 0 Å². The predicted octanol–water partition coefficient (Wildman–Crippen LogP) is 4.37. The highest BCUT2D eigenvalue weighted by atomic mass is 16.4. The maximum atomic E-state index is 11.7. The van der Waals surface area contributed by atoms with Gasteiger partial charge >= 0.3 is 5.97 Å². The van der Waals surface area contributed by atoms with Gasteiger partial charge in [-0.25, -0.2) is 4.79 Å². The summed E-state index contributed by atoms with van der Waals surface area (Å²) < 4.78 is 0. The quantitative estimate of drug-likeness (QED) is 0.514. The van der Waals surface area contributed by atoms with E-state index in [1.807, 2.05) is 0 Å². The molecule has 0 aromatic carbocycles. The standard InChI is InChI=1S/C18H33NO3/c1-2-3-4-5-6-7-8-9-10-11-12-15-19-16(18(21)22)13-14-17(19)20/h16H,2-15H2,1H3,(H,21,22). The molecule has 1 saturated heterocycles. The first-order valence-electron chi connectivity index (χ1n) is 9.19. The highest BCUT2D eigenvalue weighted by Gasteiger charge is 2.35. The number of aliphatic carboxylic acids is 1. The molecule has 0 spiro atoms. The van der Waals surface area contributed by atoms with Crippen LogP contribution in [0.1, 0.15) is 90.4 Å². The molecule has 1 rings (SSSR count). The Labute approximate surface area is 135 Å². The lowest BCUT2D eigenvalue weighted by Crippen LogP contribution is -2.39. The van der Waals surface area contributed by atoms with Crippen LogP contribution in [0.25, 0.3) is 0 Å². The fourth-order valence-corrected chi connectivity index (χ4v) is 3.22. The van der Waals surface area contributed by atoms with Gasteiger partial charge in [0.1, 0.15) is 6.04 Å². The fourth-order valence-electron chi connectivity index (χ4n) is 3.22. The van der Waals surface area contributed by atoms with Crippen LogP contribution in [0.2, 0.25) is 0 Å². The Balaban J connectivity index is 1.95. The molecule has 0 saturated carbocycles. The lowest BCUT2D eigenvalue weighted by atomic mass is 10.1.